The Balaban J connectivity index is 1.75. The zero-order valence-corrected chi connectivity index (χ0v) is 15.1. The van der Waals surface area contributed by atoms with E-state index in [1.165, 1.54) is 23.7 Å². The second-order valence-electron chi connectivity index (χ2n) is 5.17. The maximum absolute atomic E-state index is 12.4. The Morgan fingerprint density at radius 2 is 1.78 bits per heavy atom. The monoisotopic (exact) mass is 415 g/mol. The van der Waals surface area contributed by atoms with Gasteiger partial charge in [-0.2, -0.15) is 0 Å². The van der Waals surface area contributed by atoms with Crippen LogP contribution in [0.1, 0.15) is 5.69 Å². The van der Waals surface area contributed by atoms with Crippen LogP contribution in [0.4, 0.5) is 13.2 Å². The van der Waals surface area contributed by atoms with E-state index in [1.807, 2.05) is 17.5 Å². The number of halogens is 3. The highest BCUT2D eigenvalue weighted by atomic mass is 32.2. The molecule has 0 atom stereocenters. The van der Waals surface area contributed by atoms with E-state index in [0.717, 1.165) is 29.1 Å². The van der Waals surface area contributed by atoms with Crippen LogP contribution in [0.5, 0.6) is 5.75 Å². The van der Waals surface area contributed by atoms with Gasteiger partial charge in [-0.1, -0.05) is 6.07 Å². The van der Waals surface area contributed by atoms with Crippen molar-refractivity contribution in [1.29, 1.82) is 0 Å². The van der Waals surface area contributed by atoms with Crippen LogP contribution >= 0.6 is 11.3 Å². The summed E-state index contributed by atoms with van der Waals surface area (Å²) in [5.41, 5.74) is 0.990. The number of ether oxygens (including phenoxy) is 1. The fourth-order valence-electron chi connectivity index (χ4n) is 2.18. The summed E-state index contributed by atoms with van der Waals surface area (Å²) in [6, 6.07) is 7.60. The highest BCUT2D eigenvalue weighted by Crippen LogP contribution is 2.26. The van der Waals surface area contributed by atoms with E-state index >= 15 is 0 Å². The van der Waals surface area contributed by atoms with Crippen molar-refractivity contribution in [2.75, 3.05) is 0 Å². The third kappa shape index (κ3) is 5.02. The van der Waals surface area contributed by atoms with Crippen molar-refractivity contribution in [2.24, 2.45) is 0 Å². The van der Waals surface area contributed by atoms with Crippen molar-refractivity contribution < 1.29 is 26.3 Å². The quantitative estimate of drug-likeness (QED) is 0.666. The number of hydrogen-bond donors (Lipinski definition) is 1. The van der Waals surface area contributed by atoms with Gasteiger partial charge >= 0.3 is 6.36 Å². The molecule has 0 saturated heterocycles. The minimum atomic E-state index is -4.84. The summed E-state index contributed by atoms with van der Waals surface area (Å²) in [6.07, 6.45) is -1.89. The SMILES string of the molecule is O=S(=O)(NCc1nccnc1-c1cccs1)c1ccc(OC(F)(F)F)cc1. The maximum atomic E-state index is 12.4. The highest BCUT2D eigenvalue weighted by molar-refractivity contribution is 7.89. The molecule has 0 fully saturated rings. The van der Waals surface area contributed by atoms with Crippen LogP contribution in [0.15, 0.2) is 59.1 Å². The van der Waals surface area contributed by atoms with Gasteiger partial charge in [0.25, 0.3) is 0 Å². The van der Waals surface area contributed by atoms with Gasteiger partial charge in [-0.25, -0.2) is 13.1 Å². The summed E-state index contributed by atoms with van der Waals surface area (Å²) in [6.45, 7) is -0.121. The number of nitrogens with zero attached hydrogens (tertiary/aromatic N) is 2. The lowest BCUT2D eigenvalue weighted by Crippen LogP contribution is -2.24. The molecule has 3 rings (SSSR count). The summed E-state index contributed by atoms with van der Waals surface area (Å²) in [5, 5.41) is 1.86. The number of rotatable bonds is 6. The first-order valence-electron chi connectivity index (χ1n) is 7.44. The molecule has 0 aliphatic carbocycles. The number of sulfonamides is 1. The van der Waals surface area contributed by atoms with E-state index in [-0.39, 0.29) is 11.4 Å². The molecule has 0 aliphatic rings. The first kappa shape index (κ1) is 19.3. The molecular weight excluding hydrogens is 403 g/mol. The van der Waals surface area contributed by atoms with Crippen LogP contribution in [-0.4, -0.2) is 24.7 Å². The fourth-order valence-corrected chi connectivity index (χ4v) is 3.91. The van der Waals surface area contributed by atoms with E-state index in [0.29, 0.717) is 11.4 Å². The van der Waals surface area contributed by atoms with Crippen LogP contribution in [0.25, 0.3) is 10.6 Å². The Kier molecular flexibility index (Phi) is 5.44. The minimum absolute atomic E-state index is 0.121. The minimum Gasteiger partial charge on any atom is -0.406 e. The van der Waals surface area contributed by atoms with Gasteiger partial charge in [-0.05, 0) is 35.7 Å². The number of nitrogens with one attached hydrogen (secondary N) is 1. The lowest BCUT2D eigenvalue weighted by molar-refractivity contribution is -0.274. The first-order valence-corrected chi connectivity index (χ1v) is 9.80. The average Bonchev–Trinajstić information content (AvgIpc) is 3.14. The molecule has 142 valence electrons. The standard InChI is InChI=1S/C16H12F3N3O3S2/c17-16(18,19)25-11-3-5-12(6-4-11)27(23,24)22-10-13-15(21-8-7-20-13)14-2-1-9-26-14/h1-9,22H,10H2. The zero-order chi connectivity index (χ0) is 19.5. The number of benzene rings is 1. The predicted molar refractivity (Wildman–Crippen MR) is 92.5 cm³/mol. The Bertz CT molecular complexity index is 1010. The van der Waals surface area contributed by atoms with Crippen LogP contribution in [0.2, 0.25) is 0 Å². The van der Waals surface area contributed by atoms with Gasteiger partial charge in [0, 0.05) is 12.4 Å². The van der Waals surface area contributed by atoms with Crippen molar-refractivity contribution in [2.45, 2.75) is 17.8 Å². The molecule has 0 radical (unpaired) electrons. The predicted octanol–water partition coefficient (Wildman–Crippen LogP) is 3.58. The van der Waals surface area contributed by atoms with Gasteiger partial charge in [-0.15, -0.1) is 24.5 Å². The molecule has 1 aromatic carbocycles. The molecule has 6 nitrogen and oxygen atoms in total. The van der Waals surface area contributed by atoms with Gasteiger partial charge in [0.05, 0.1) is 22.0 Å². The normalized spacial score (nSPS) is 12.1. The van der Waals surface area contributed by atoms with Crippen LogP contribution in [0.3, 0.4) is 0 Å². The number of hydrogen-bond acceptors (Lipinski definition) is 6. The highest BCUT2D eigenvalue weighted by Gasteiger charge is 2.31. The Labute approximate surface area is 156 Å². The van der Waals surface area contributed by atoms with Gasteiger partial charge in [0.15, 0.2) is 0 Å². The molecule has 0 aliphatic heterocycles. The van der Waals surface area contributed by atoms with Gasteiger partial charge < -0.3 is 4.74 Å². The van der Waals surface area contributed by atoms with E-state index in [9.17, 15) is 21.6 Å². The molecule has 0 amide bonds. The molecule has 0 unspecified atom stereocenters. The molecule has 0 bridgehead atoms. The molecule has 0 saturated carbocycles. The van der Waals surface area contributed by atoms with Crippen LogP contribution < -0.4 is 9.46 Å². The molecule has 1 N–H and O–H groups in total. The molecule has 2 heterocycles. The van der Waals surface area contributed by atoms with Crippen molar-refractivity contribution in [1.82, 2.24) is 14.7 Å². The van der Waals surface area contributed by atoms with Gasteiger partial charge in [0.2, 0.25) is 10.0 Å². The lowest BCUT2D eigenvalue weighted by atomic mass is 10.2. The molecular formula is C16H12F3N3O3S2. The van der Waals surface area contributed by atoms with Gasteiger partial charge in [-0.3, -0.25) is 9.97 Å². The summed E-state index contributed by atoms with van der Waals surface area (Å²) in [5.74, 6) is -0.504. The lowest BCUT2D eigenvalue weighted by Gasteiger charge is -2.11. The molecule has 11 heteroatoms. The maximum Gasteiger partial charge on any atom is 0.573 e. The third-order valence-corrected chi connectivity index (χ3v) is 5.62. The summed E-state index contributed by atoms with van der Waals surface area (Å²) in [7, 11) is -3.96. The topological polar surface area (TPSA) is 81.2 Å². The van der Waals surface area contributed by atoms with Crippen molar-refractivity contribution in [3.63, 3.8) is 0 Å². The molecule has 0 spiro atoms. The third-order valence-electron chi connectivity index (χ3n) is 3.33. The second-order valence-corrected chi connectivity index (χ2v) is 7.89. The molecule has 2 aromatic heterocycles. The van der Waals surface area contributed by atoms with E-state index in [2.05, 4.69) is 19.4 Å². The van der Waals surface area contributed by atoms with Crippen LogP contribution in [-0.2, 0) is 16.6 Å². The second kappa shape index (κ2) is 7.62. The van der Waals surface area contributed by atoms with E-state index in [4.69, 9.17) is 0 Å². The first-order chi connectivity index (χ1) is 12.7. The largest absolute Gasteiger partial charge is 0.573 e. The van der Waals surface area contributed by atoms with Crippen molar-refractivity contribution in [3.05, 3.63) is 59.9 Å². The number of aromatic nitrogens is 2. The Morgan fingerprint density at radius 1 is 1.07 bits per heavy atom. The summed E-state index contributed by atoms with van der Waals surface area (Å²) in [4.78, 5) is 9.03. The number of thiophene rings is 1. The molecule has 3 aromatic rings. The van der Waals surface area contributed by atoms with Crippen LogP contribution in [0, 0.1) is 0 Å². The Morgan fingerprint density at radius 3 is 2.41 bits per heavy atom. The summed E-state index contributed by atoms with van der Waals surface area (Å²) < 4.78 is 67.4. The summed E-state index contributed by atoms with van der Waals surface area (Å²) >= 11 is 1.44. The van der Waals surface area contributed by atoms with E-state index in [1.54, 1.807) is 0 Å². The number of alkyl halides is 3. The average molecular weight is 415 g/mol. The van der Waals surface area contributed by atoms with Gasteiger partial charge in [0.1, 0.15) is 11.4 Å². The Hall–Kier alpha value is -2.50. The zero-order valence-electron chi connectivity index (χ0n) is 13.5. The molecule has 27 heavy (non-hydrogen) atoms. The fraction of sp³-hybridized carbons (Fsp3) is 0.125. The smallest absolute Gasteiger partial charge is 0.406 e. The van der Waals surface area contributed by atoms with Crippen molar-refractivity contribution in [3.8, 4) is 16.3 Å². The van der Waals surface area contributed by atoms with Crippen molar-refractivity contribution >= 4 is 21.4 Å². The van der Waals surface area contributed by atoms with E-state index < -0.39 is 22.1 Å².